The van der Waals surface area contributed by atoms with Gasteiger partial charge in [-0.1, -0.05) is 0 Å². The van der Waals surface area contributed by atoms with Gasteiger partial charge in [0.2, 0.25) is 0 Å². The molecule has 3 rings (SSSR count). The van der Waals surface area contributed by atoms with Crippen molar-refractivity contribution in [2.45, 2.75) is 13.5 Å². The first kappa shape index (κ1) is 16.5. The number of aryl methyl sites for hydroxylation is 3. The molecule has 0 saturated carbocycles. The molecule has 0 bridgehead atoms. The molecule has 0 aliphatic rings. The summed E-state index contributed by atoms with van der Waals surface area (Å²) in [5, 5.41) is 13.6. The van der Waals surface area contributed by atoms with E-state index in [0.717, 1.165) is 0 Å². The van der Waals surface area contributed by atoms with Gasteiger partial charge in [-0.2, -0.15) is 10.2 Å². The van der Waals surface area contributed by atoms with E-state index in [1.807, 2.05) is 0 Å². The van der Waals surface area contributed by atoms with E-state index in [1.54, 1.807) is 44.0 Å². The van der Waals surface area contributed by atoms with Crippen LogP contribution in [-0.4, -0.2) is 31.4 Å². The monoisotopic (exact) mass is 342 g/mol. The smallest absolute Gasteiger partial charge is 0.272 e. The van der Waals surface area contributed by atoms with Crippen molar-refractivity contribution >= 4 is 17.5 Å². The minimum Gasteiger partial charge on any atom is -0.467 e. The Balaban J connectivity index is 1.75. The second kappa shape index (κ2) is 6.63. The number of hydrogen-bond acceptors (Lipinski definition) is 5. The van der Waals surface area contributed by atoms with E-state index in [4.69, 9.17) is 4.42 Å². The summed E-state index contributed by atoms with van der Waals surface area (Å²) < 4.78 is 8.15. The Kier molecular flexibility index (Phi) is 4.38. The van der Waals surface area contributed by atoms with Gasteiger partial charge in [-0.05, 0) is 19.1 Å². The van der Waals surface area contributed by atoms with Crippen molar-refractivity contribution in [1.29, 1.82) is 0 Å². The Bertz CT molecular complexity index is 907. The van der Waals surface area contributed by atoms with E-state index < -0.39 is 0 Å². The number of rotatable bonds is 5. The van der Waals surface area contributed by atoms with Gasteiger partial charge in [0.15, 0.2) is 0 Å². The molecular weight excluding hydrogens is 324 g/mol. The summed E-state index contributed by atoms with van der Waals surface area (Å²) in [6.07, 6.45) is 4.59. The molecule has 2 amide bonds. The fraction of sp³-hybridized carbons (Fsp3) is 0.250. The van der Waals surface area contributed by atoms with Gasteiger partial charge in [0.25, 0.3) is 11.8 Å². The maximum absolute atomic E-state index is 12.5. The molecule has 3 aromatic heterocycles. The van der Waals surface area contributed by atoms with Gasteiger partial charge >= 0.3 is 0 Å². The highest BCUT2D eigenvalue weighted by atomic mass is 16.3. The number of nitrogens with one attached hydrogen (secondary N) is 2. The van der Waals surface area contributed by atoms with Crippen LogP contribution in [0.25, 0.3) is 0 Å². The van der Waals surface area contributed by atoms with Gasteiger partial charge in [0.05, 0.1) is 35.9 Å². The standard InChI is InChI=1S/C16H18N6O3/c1-10-12(9-21(2)20-10)15(23)19-13-8-18-22(3)14(13)16(24)17-7-11-5-4-6-25-11/h4-6,8-9H,7H2,1-3H3,(H,17,24)(H,19,23). The summed E-state index contributed by atoms with van der Waals surface area (Å²) >= 11 is 0. The van der Waals surface area contributed by atoms with Crippen LogP contribution in [0.3, 0.4) is 0 Å². The predicted molar refractivity (Wildman–Crippen MR) is 89.0 cm³/mol. The van der Waals surface area contributed by atoms with Gasteiger partial charge in [-0.25, -0.2) is 0 Å². The molecule has 0 saturated heterocycles. The lowest BCUT2D eigenvalue weighted by Gasteiger charge is -2.08. The van der Waals surface area contributed by atoms with Crippen LogP contribution in [0.1, 0.15) is 32.3 Å². The summed E-state index contributed by atoms with van der Waals surface area (Å²) in [6.45, 7) is 1.99. The van der Waals surface area contributed by atoms with Gasteiger partial charge in [-0.15, -0.1) is 0 Å². The van der Waals surface area contributed by atoms with Gasteiger partial charge in [0.1, 0.15) is 11.5 Å². The fourth-order valence-corrected chi connectivity index (χ4v) is 2.47. The summed E-state index contributed by atoms with van der Waals surface area (Å²) in [6, 6.07) is 3.50. The van der Waals surface area contributed by atoms with Crippen molar-refractivity contribution in [2.24, 2.45) is 14.1 Å². The van der Waals surface area contributed by atoms with Crippen LogP contribution >= 0.6 is 0 Å². The zero-order valence-corrected chi connectivity index (χ0v) is 14.1. The van der Waals surface area contributed by atoms with Crippen LogP contribution < -0.4 is 10.6 Å². The van der Waals surface area contributed by atoms with Crippen LogP contribution in [0, 0.1) is 6.92 Å². The third-order valence-corrected chi connectivity index (χ3v) is 3.66. The number of amides is 2. The first-order valence-corrected chi connectivity index (χ1v) is 7.60. The van der Waals surface area contributed by atoms with Crippen molar-refractivity contribution in [2.75, 3.05) is 5.32 Å². The number of hydrogen-bond donors (Lipinski definition) is 2. The second-order valence-electron chi connectivity index (χ2n) is 5.55. The third-order valence-electron chi connectivity index (χ3n) is 3.66. The van der Waals surface area contributed by atoms with Crippen molar-refractivity contribution in [3.05, 3.63) is 53.5 Å². The minimum atomic E-state index is -0.366. The molecule has 0 aromatic carbocycles. The van der Waals surface area contributed by atoms with Gasteiger partial charge in [0, 0.05) is 20.3 Å². The Labute approximate surface area is 143 Å². The molecule has 9 nitrogen and oxygen atoms in total. The maximum Gasteiger partial charge on any atom is 0.272 e. The molecule has 130 valence electrons. The molecule has 9 heteroatoms. The molecule has 0 unspecified atom stereocenters. The van der Waals surface area contributed by atoms with Crippen LogP contribution in [0.4, 0.5) is 5.69 Å². The van der Waals surface area contributed by atoms with E-state index in [1.165, 1.54) is 17.1 Å². The van der Waals surface area contributed by atoms with E-state index >= 15 is 0 Å². The Morgan fingerprint density at radius 3 is 2.72 bits per heavy atom. The number of nitrogens with zero attached hydrogens (tertiary/aromatic N) is 4. The molecule has 0 aliphatic carbocycles. The number of anilines is 1. The van der Waals surface area contributed by atoms with E-state index in [-0.39, 0.29) is 24.1 Å². The van der Waals surface area contributed by atoms with Crippen LogP contribution in [0.5, 0.6) is 0 Å². The molecular formula is C16H18N6O3. The Morgan fingerprint density at radius 2 is 2.08 bits per heavy atom. The molecule has 0 spiro atoms. The highest BCUT2D eigenvalue weighted by Crippen LogP contribution is 2.16. The van der Waals surface area contributed by atoms with Crippen molar-refractivity contribution < 1.29 is 14.0 Å². The third kappa shape index (κ3) is 3.44. The Morgan fingerprint density at radius 1 is 1.28 bits per heavy atom. The van der Waals surface area contributed by atoms with Gasteiger partial charge in [-0.3, -0.25) is 19.0 Å². The highest BCUT2D eigenvalue weighted by Gasteiger charge is 2.21. The maximum atomic E-state index is 12.5. The van der Waals surface area contributed by atoms with Crippen molar-refractivity contribution in [3.63, 3.8) is 0 Å². The lowest BCUT2D eigenvalue weighted by atomic mass is 10.2. The lowest BCUT2D eigenvalue weighted by Crippen LogP contribution is -2.26. The summed E-state index contributed by atoms with van der Waals surface area (Å²) in [5.74, 6) is -0.0830. The molecule has 0 fully saturated rings. The first-order chi connectivity index (χ1) is 12.0. The normalized spacial score (nSPS) is 10.7. The second-order valence-corrected chi connectivity index (χ2v) is 5.55. The first-order valence-electron chi connectivity index (χ1n) is 7.60. The van der Waals surface area contributed by atoms with Crippen LogP contribution in [-0.2, 0) is 20.6 Å². The molecule has 3 heterocycles. The van der Waals surface area contributed by atoms with E-state index in [2.05, 4.69) is 20.8 Å². The van der Waals surface area contributed by atoms with E-state index in [9.17, 15) is 9.59 Å². The molecule has 3 aromatic rings. The number of aromatic nitrogens is 4. The average molecular weight is 342 g/mol. The predicted octanol–water partition coefficient (Wildman–Crippen LogP) is 1.24. The SMILES string of the molecule is Cc1nn(C)cc1C(=O)Nc1cnn(C)c1C(=O)NCc1ccco1. The minimum absolute atomic E-state index is 0.242. The lowest BCUT2D eigenvalue weighted by molar-refractivity contribution is 0.0939. The number of furan rings is 1. The largest absolute Gasteiger partial charge is 0.467 e. The number of carbonyl (C=O) groups excluding carboxylic acids is 2. The molecule has 0 aliphatic heterocycles. The molecule has 2 N–H and O–H groups in total. The number of carbonyl (C=O) groups is 2. The summed E-state index contributed by atoms with van der Waals surface area (Å²) in [5.41, 5.74) is 1.62. The zero-order valence-electron chi connectivity index (χ0n) is 14.1. The van der Waals surface area contributed by atoms with Crippen molar-refractivity contribution in [3.8, 4) is 0 Å². The summed E-state index contributed by atoms with van der Waals surface area (Å²) in [4.78, 5) is 24.9. The zero-order chi connectivity index (χ0) is 18.0. The van der Waals surface area contributed by atoms with E-state index in [0.29, 0.717) is 22.7 Å². The van der Waals surface area contributed by atoms with Crippen LogP contribution in [0.2, 0.25) is 0 Å². The quantitative estimate of drug-likeness (QED) is 0.725. The van der Waals surface area contributed by atoms with Gasteiger partial charge < -0.3 is 15.1 Å². The molecule has 0 radical (unpaired) electrons. The topological polar surface area (TPSA) is 107 Å². The average Bonchev–Trinajstić information content (AvgIpc) is 3.26. The van der Waals surface area contributed by atoms with Crippen molar-refractivity contribution in [1.82, 2.24) is 24.9 Å². The molecule has 0 atom stereocenters. The summed E-state index contributed by atoms with van der Waals surface area (Å²) in [7, 11) is 3.37. The highest BCUT2D eigenvalue weighted by molar-refractivity contribution is 6.08. The van der Waals surface area contributed by atoms with Crippen LogP contribution in [0.15, 0.2) is 35.2 Å². The fourth-order valence-electron chi connectivity index (χ4n) is 2.47. The molecule has 25 heavy (non-hydrogen) atoms. The Hall–Kier alpha value is -3.36.